The van der Waals surface area contributed by atoms with Gasteiger partial charge in [-0.05, 0) is 24.8 Å². The van der Waals surface area contributed by atoms with Crippen LogP contribution >= 0.6 is 11.8 Å². The third kappa shape index (κ3) is 4.96. The normalized spacial score (nSPS) is 21.7. The van der Waals surface area contributed by atoms with E-state index in [1.165, 1.54) is 4.90 Å². The summed E-state index contributed by atoms with van der Waals surface area (Å²) in [6, 6.07) is 8.36. The van der Waals surface area contributed by atoms with Crippen molar-refractivity contribution in [1.82, 2.24) is 4.90 Å². The fraction of sp³-hybridized carbons (Fsp3) is 0.529. The highest BCUT2D eigenvalue weighted by molar-refractivity contribution is 7.99. The van der Waals surface area contributed by atoms with E-state index >= 15 is 0 Å². The van der Waals surface area contributed by atoms with Crippen LogP contribution in [0.25, 0.3) is 0 Å². The number of carbonyl (C=O) groups is 2. The molecule has 6 nitrogen and oxygen atoms in total. The summed E-state index contributed by atoms with van der Waals surface area (Å²) in [6.45, 7) is 0.975. The topological polar surface area (TPSA) is 110 Å². The number of aryl methyl sites for hydroxylation is 1. The molecular weight excluding hydrogens is 326 g/mol. The van der Waals surface area contributed by atoms with Crippen molar-refractivity contribution in [1.29, 1.82) is 0 Å². The molecule has 0 unspecified atom stereocenters. The Morgan fingerprint density at radius 2 is 2.04 bits per heavy atom. The highest BCUT2D eigenvalue weighted by Crippen LogP contribution is 2.28. The first kappa shape index (κ1) is 18.8. The number of carboxylic acids is 1. The van der Waals surface area contributed by atoms with Crippen LogP contribution in [0.5, 0.6) is 0 Å². The van der Waals surface area contributed by atoms with E-state index in [1.54, 1.807) is 11.8 Å². The lowest BCUT2D eigenvalue weighted by atomic mass is 10.0. The number of aliphatic carboxylic acids is 1. The molecule has 24 heavy (non-hydrogen) atoms. The van der Waals surface area contributed by atoms with Gasteiger partial charge in [0.15, 0.2) is 0 Å². The number of hydrogen-bond donors (Lipinski definition) is 3. The maximum atomic E-state index is 12.6. The number of thioether (sulfide) groups is 1. The van der Waals surface area contributed by atoms with Gasteiger partial charge in [0.05, 0.1) is 6.04 Å². The average Bonchev–Trinajstić information content (AvgIpc) is 3.02. The molecule has 1 amide bonds. The van der Waals surface area contributed by atoms with Crippen molar-refractivity contribution >= 4 is 23.6 Å². The molecule has 0 saturated carbocycles. The first-order valence-corrected chi connectivity index (χ1v) is 9.22. The Hall–Kier alpha value is -1.57. The summed E-state index contributed by atoms with van der Waals surface area (Å²) < 4.78 is 0. The van der Waals surface area contributed by atoms with Gasteiger partial charge in [0, 0.05) is 24.1 Å². The Kier molecular flexibility index (Phi) is 7.08. The molecule has 7 heteroatoms. The summed E-state index contributed by atoms with van der Waals surface area (Å²) in [5, 5.41) is 9.51. The van der Waals surface area contributed by atoms with E-state index < -0.39 is 18.1 Å². The Bertz CT molecular complexity index is 555. The minimum Gasteiger partial charge on any atom is -0.480 e. The van der Waals surface area contributed by atoms with E-state index in [0.717, 1.165) is 11.3 Å². The number of rotatable bonds is 8. The molecule has 1 aromatic carbocycles. The van der Waals surface area contributed by atoms with Gasteiger partial charge in [-0.2, -0.15) is 11.8 Å². The molecule has 1 fully saturated rings. The standard InChI is InChI=1S/C17H25N3O3S/c18-8-9-24-13-10-15(17(22)23)20(11-13)16(21)14(19)7-6-12-4-2-1-3-5-12/h1-5,13-15H,6-11,18-19H2,(H,22,23)/t13-,14+,15+/m1/s1. The zero-order valence-corrected chi connectivity index (χ0v) is 14.5. The van der Waals surface area contributed by atoms with E-state index in [-0.39, 0.29) is 11.2 Å². The molecule has 0 bridgehead atoms. The molecule has 0 aromatic heterocycles. The molecule has 1 heterocycles. The molecule has 132 valence electrons. The largest absolute Gasteiger partial charge is 0.480 e. The Balaban J connectivity index is 1.93. The lowest BCUT2D eigenvalue weighted by Crippen LogP contribution is -2.48. The zero-order chi connectivity index (χ0) is 17.5. The van der Waals surface area contributed by atoms with Gasteiger partial charge < -0.3 is 21.5 Å². The summed E-state index contributed by atoms with van der Waals surface area (Å²) in [6.07, 6.45) is 1.66. The molecule has 3 atom stereocenters. The molecule has 1 aliphatic rings. The summed E-state index contributed by atoms with van der Waals surface area (Å²) in [4.78, 5) is 25.5. The molecular formula is C17H25N3O3S. The second-order valence-corrected chi connectivity index (χ2v) is 7.40. The number of carbonyl (C=O) groups excluding carboxylic acids is 1. The number of likely N-dealkylation sites (tertiary alicyclic amines) is 1. The van der Waals surface area contributed by atoms with Crippen LogP contribution in [0.2, 0.25) is 0 Å². The number of amides is 1. The van der Waals surface area contributed by atoms with Gasteiger partial charge in [0.1, 0.15) is 6.04 Å². The predicted molar refractivity (Wildman–Crippen MR) is 95.8 cm³/mol. The van der Waals surface area contributed by atoms with Crippen molar-refractivity contribution in [3.05, 3.63) is 35.9 Å². The number of benzene rings is 1. The van der Waals surface area contributed by atoms with E-state index in [0.29, 0.717) is 32.4 Å². The smallest absolute Gasteiger partial charge is 0.326 e. The van der Waals surface area contributed by atoms with Crippen molar-refractivity contribution in [2.75, 3.05) is 18.8 Å². The summed E-state index contributed by atoms with van der Waals surface area (Å²) in [7, 11) is 0. The van der Waals surface area contributed by atoms with Gasteiger partial charge in [-0.3, -0.25) is 4.79 Å². The van der Waals surface area contributed by atoms with Gasteiger partial charge in [-0.15, -0.1) is 0 Å². The summed E-state index contributed by atoms with van der Waals surface area (Å²) in [5.41, 5.74) is 12.7. The van der Waals surface area contributed by atoms with Crippen molar-refractivity contribution in [2.24, 2.45) is 11.5 Å². The number of nitrogens with zero attached hydrogens (tertiary/aromatic N) is 1. The molecule has 1 aromatic rings. The lowest BCUT2D eigenvalue weighted by molar-refractivity contribution is -0.148. The maximum absolute atomic E-state index is 12.6. The van der Waals surface area contributed by atoms with Crippen molar-refractivity contribution in [3.63, 3.8) is 0 Å². The third-order valence-corrected chi connectivity index (χ3v) is 5.49. The molecule has 0 radical (unpaired) electrons. The van der Waals surface area contributed by atoms with E-state index in [2.05, 4.69) is 0 Å². The molecule has 1 saturated heterocycles. The summed E-state index contributed by atoms with van der Waals surface area (Å²) >= 11 is 1.63. The van der Waals surface area contributed by atoms with Gasteiger partial charge in [0.25, 0.3) is 0 Å². The minimum absolute atomic E-state index is 0.111. The second-order valence-electron chi connectivity index (χ2n) is 5.99. The number of nitrogens with two attached hydrogens (primary N) is 2. The highest BCUT2D eigenvalue weighted by atomic mass is 32.2. The zero-order valence-electron chi connectivity index (χ0n) is 13.6. The molecule has 2 rings (SSSR count). The monoisotopic (exact) mass is 351 g/mol. The Morgan fingerprint density at radius 3 is 2.67 bits per heavy atom. The van der Waals surface area contributed by atoms with E-state index in [4.69, 9.17) is 11.5 Å². The molecule has 0 aliphatic carbocycles. The lowest BCUT2D eigenvalue weighted by Gasteiger charge is -2.24. The van der Waals surface area contributed by atoms with Gasteiger partial charge >= 0.3 is 5.97 Å². The fourth-order valence-electron chi connectivity index (χ4n) is 2.93. The number of carboxylic acid groups (broad SMARTS) is 1. The van der Waals surface area contributed by atoms with Gasteiger partial charge in [-0.1, -0.05) is 30.3 Å². The maximum Gasteiger partial charge on any atom is 0.326 e. The van der Waals surface area contributed by atoms with Crippen LogP contribution in [-0.2, 0) is 16.0 Å². The average molecular weight is 351 g/mol. The van der Waals surface area contributed by atoms with Crippen molar-refractivity contribution in [2.45, 2.75) is 36.6 Å². The van der Waals surface area contributed by atoms with E-state index in [1.807, 2.05) is 30.3 Å². The van der Waals surface area contributed by atoms with Crippen LogP contribution in [0.4, 0.5) is 0 Å². The van der Waals surface area contributed by atoms with Crippen molar-refractivity contribution in [3.8, 4) is 0 Å². The summed E-state index contributed by atoms with van der Waals surface area (Å²) in [5.74, 6) is -0.470. The Labute approximate surface area is 146 Å². The van der Waals surface area contributed by atoms with Gasteiger partial charge in [0.2, 0.25) is 5.91 Å². The van der Waals surface area contributed by atoms with Gasteiger partial charge in [-0.25, -0.2) is 4.79 Å². The SMILES string of the molecule is NCCS[C@@H]1C[C@@H](C(=O)O)N(C(=O)[C@@H](N)CCc2ccccc2)C1. The Morgan fingerprint density at radius 1 is 1.33 bits per heavy atom. The first-order valence-electron chi connectivity index (χ1n) is 8.17. The minimum atomic E-state index is -0.963. The van der Waals surface area contributed by atoms with Crippen LogP contribution in [0.3, 0.4) is 0 Å². The number of hydrogen-bond acceptors (Lipinski definition) is 5. The van der Waals surface area contributed by atoms with Crippen LogP contribution in [-0.4, -0.2) is 58.1 Å². The van der Waals surface area contributed by atoms with Crippen LogP contribution in [0.15, 0.2) is 30.3 Å². The fourth-order valence-corrected chi connectivity index (χ4v) is 3.99. The van der Waals surface area contributed by atoms with E-state index in [9.17, 15) is 14.7 Å². The predicted octanol–water partition coefficient (Wildman–Crippen LogP) is 0.693. The second kappa shape index (κ2) is 9.05. The quantitative estimate of drug-likeness (QED) is 0.636. The molecule has 5 N–H and O–H groups in total. The van der Waals surface area contributed by atoms with Crippen LogP contribution in [0, 0.1) is 0 Å². The highest BCUT2D eigenvalue weighted by Gasteiger charge is 2.40. The first-order chi connectivity index (χ1) is 11.5. The van der Waals surface area contributed by atoms with Crippen LogP contribution < -0.4 is 11.5 Å². The molecule has 0 spiro atoms. The van der Waals surface area contributed by atoms with Crippen LogP contribution in [0.1, 0.15) is 18.4 Å². The van der Waals surface area contributed by atoms with Crippen molar-refractivity contribution < 1.29 is 14.7 Å². The third-order valence-electron chi connectivity index (χ3n) is 4.21. The molecule has 1 aliphatic heterocycles.